The highest BCUT2D eigenvalue weighted by atomic mass is 32.2. The SMILES string of the molecule is O=S(=O)(c1ccc(F)cc1)N1CCC2(CC1)NCCN=C2NCc1cc(F)cc(F)c1. The third kappa shape index (κ3) is 4.60. The number of hydrogen-bond acceptors (Lipinski definition) is 5. The van der Waals surface area contributed by atoms with Gasteiger partial charge in [0.1, 0.15) is 23.3 Å². The van der Waals surface area contributed by atoms with Crippen LogP contribution in [-0.4, -0.2) is 50.3 Å². The fourth-order valence-electron chi connectivity index (χ4n) is 4.10. The average molecular weight is 453 g/mol. The summed E-state index contributed by atoms with van der Waals surface area (Å²) in [5.74, 6) is -1.11. The second kappa shape index (κ2) is 8.60. The Balaban J connectivity index is 1.46. The number of aliphatic imine (C=N–C) groups is 1. The molecule has 166 valence electrons. The lowest BCUT2D eigenvalue weighted by Crippen LogP contribution is -2.64. The third-order valence-corrected chi connectivity index (χ3v) is 7.62. The van der Waals surface area contributed by atoms with E-state index in [0.717, 1.165) is 18.2 Å². The molecule has 2 heterocycles. The molecule has 0 bridgehead atoms. The lowest BCUT2D eigenvalue weighted by Gasteiger charge is -2.44. The van der Waals surface area contributed by atoms with Crippen LogP contribution in [0.1, 0.15) is 18.4 Å². The van der Waals surface area contributed by atoms with Gasteiger partial charge in [-0.05, 0) is 54.8 Å². The Hall–Kier alpha value is -2.43. The normalized spacial score (nSPS) is 19.3. The first-order valence-electron chi connectivity index (χ1n) is 10.0. The fourth-order valence-corrected chi connectivity index (χ4v) is 5.54. The van der Waals surface area contributed by atoms with Gasteiger partial charge in [-0.2, -0.15) is 4.31 Å². The van der Waals surface area contributed by atoms with Gasteiger partial charge < -0.3 is 10.6 Å². The van der Waals surface area contributed by atoms with Crippen LogP contribution in [0.3, 0.4) is 0 Å². The maximum Gasteiger partial charge on any atom is 0.243 e. The highest BCUT2D eigenvalue weighted by Gasteiger charge is 2.43. The number of nitrogens with one attached hydrogen (secondary N) is 2. The average Bonchev–Trinajstić information content (AvgIpc) is 2.73. The predicted octanol–water partition coefficient (Wildman–Crippen LogP) is 2.42. The summed E-state index contributed by atoms with van der Waals surface area (Å²) in [6.07, 6.45) is 0.966. The van der Waals surface area contributed by atoms with E-state index < -0.39 is 33.0 Å². The standard InChI is InChI=1S/C21H23F3N4O2S/c22-16-1-3-19(4-2-16)31(29,30)28-9-5-21(6-10-28)20(25-7-8-27-21)26-14-15-11-17(23)13-18(24)12-15/h1-4,11-13,27H,5-10,14H2,(H,25,26). The van der Waals surface area contributed by atoms with Crippen molar-refractivity contribution in [3.63, 3.8) is 0 Å². The lowest BCUT2D eigenvalue weighted by molar-refractivity contribution is 0.241. The zero-order valence-electron chi connectivity index (χ0n) is 16.7. The largest absolute Gasteiger partial charge is 0.368 e. The molecule has 2 N–H and O–H groups in total. The Morgan fingerprint density at radius 1 is 1.00 bits per heavy atom. The Morgan fingerprint density at radius 2 is 1.65 bits per heavy atom. The van der Waals surface area contributed by atoms with Gasteiger partial charge in [-0.25, -0.2) is 21.6 Å². The van der Waals surface area contributed by atoms with Crippen molar-refractivity contribution in [2.24, 2.45) is 4.99 Å². The molecule has 31 heavy (non-hydrogen) atoms. The molecule has 2 aromatic rings. The van der Waals surface area contributed by atoms with Crippen LogP contribution in [0, 0.1) is 17.5 Å². The first kappa shape index (κ1) is 21.8. The summed E-state index contributed by atoms with van der Waals surface area (Å²) in [6, 6.07) is 8.13. The van der Waals surface area contributed by atoms with Crippen molar-refractivity contribution in [2.45, 2.75) is 29.8 Å². The van der Waals surface area contributed by atoms with Gasteiger partial charge in [0.15, 0.2) is 0 Å². The van der Waals surface area contributed by atoms with E-state index in [1.54, 1.807) is 0 Å². The lowest BCUT2D eigenvalue weighted by atomic mass is 9.85. The van der Waals surface area contributed by atoms with Crippen molar-refractivity contribution < 1.29 is 21.6 Å². The summed E-state index contributed by atoms with van der Waals surface area (Å²) in [5, 5.41) is 6.64. The van der Waals surface area contributed by atoms with E-state index >= 15 is 0 Å². The van der Waals surface area contributed by atoms with Crippen LogP contribution in [0.25, 0.3) is 0 Å². The highest BCUT2D eigenvalue weighted by Crippen LogP contribution is 2.29. The zero-order valence-corrected chi connectivity index (χ0v) is 17.6. The molecule has 2 aliphatic heterocycles. The molecular weight excluding hydrogens is 429 g/mol. The van der Waals surface area contributed by atoms with Crippen LogP contribution in [0.15, 0.2) is 52.4 Å². The van der Waals surface area contributed by atoms with E-state index in [9.17, 15) is 21.6 Å². The van der Waals surface area contributed by atoms with Gasteiger partial charge in [-0.15, -0.1) is 0 Å². The number of rotatable bonds is 4. The summed E-state index contributed by atoms with van der Waals surface area (Å²) >= 11 is 0. The van der Waals surface area contributed by atoms with Gasteiger partial charge in [0, 0.05) is 32.2 Å². The molecule has 0 atom stereocenters. The molecule has 0 radical (unpaired) electrons. The summed E-state index contributed by atoms with van der Waals surface area (Å²) in [7, 11) is -3.72. The minimum absolute atomic E-state index is 0.0570. The highest BCUT2D eigenvalue weighted by molar-refractivity contribution is 7.89. The van der Waals surface area contributed by atoms with Gasteiger partial charge in [-0.3, -0.25) is 4.99 Å². The number of halogens is 3. The predicted molar refractivity (Wildman–Crippen MR) is 111 cm³/mol. The summed E-state index contributed by atoms with van der Waals surface area (Å²) in [5.41, 5.74) is -0.0730. The fraction of sp³-hybridized carbons (Fsp3) is 0.381. The van der Waals surface area contributed by atoms with Crippen molar-refractivity contribution in [3.8, 4) is 0 Å². The van der Waals surface area contributed by atoms with E-state index in [0.29, 0.717) is 37.3 Å². The van der Waals surface area contributed by atoms with Crippen molar-refractivity contribution >= 4 is 15.9 Å². The molecule has 0 saturated carbocycles. The van der Waals surface area contributed by atoms with Crippen LogP contribution in [-0.2, 0) is 16.6 Å². The molecule has 10 heteroatoms. The summed E-state index contributed by atoms with van der Waals surface area (Å²) in [6.45, 7) is 1.95. The van der Waals surface area contributed by atoms with Crippen LogP contribution in [0.5, 0.6) is 0 Å². The van der Waals surface area contributed by atoms with Crippen molar-refractivity contribution in [2.75, 3.05) is 26.2 Å². The van der Waals surface area contributed by atoms with Gasteiger partial charge in [-0.1, -0.05) is 0 Å². The van der Waals surface area contributed by atoms with E-state index in [-0.39, 0.29) is 24.5 Å². The molecule has 6 nitrogen and oxygen atoms in total. The smallest absolute Gasteiger partial charge is 0.243 e. The van der Waals surface area contributed by atoms with Crippen LogP contribution in [0.4, 0.5) is 13.2 Å². The summed E-state index contributed by atoms with van der Waals surface area (Å²) < 4.78 is 67.3. The Kier molecular flexibility index (Phi) is 6.05. The maximum atomic E-state index is 13.5. The topological polar surface area (TPSA) is 73.8 Å². The number of piperidine rings is 1. The van der Waals surface area contributed by atoms with Crippen molar-refractivity contribution in [1.29, 1.82) is 0 Å². The number of hydrogen-bond donors (Lipinski definition) is 2. The quantitative estimate of drug-likeness (QED) is 0.748. The molecule has 0 aromatic heterocycles. The van der Waals surface area contributed by atoms with Crippen LogP contribution in [0.2, 0.25) is 0 Å². The van der Waals surface area contributed by atoms with Crippen LogP contribution < -0.4 is 10.6 Å². The van der Waals surface area contributed by atoms with Crippen molar-refractivity contribution in [1.82, 2.24) is 14.9 Å². The minimum atomic E-state index is -3.72. The Labute approximate surface area is 179 Å². The molecule has 0 aliphatic carbocycles. The molecule has 4 rings (SSSR count). The van der Waals surface area contributed by atoms with E-state index in [4.69, 9.17) is 0 Å². The van der Waals surface area contributed by atoms with E-state index in [1.807, 2.05) is 0 Å². The molecule has 0 unspecified atom stereocenters. The number of nitrogens with zero attached hydrogens (tertiary/aromatic N) is 2. The second-order valence-electron chi connectivity index (χ2n) is 7.73. The number of sulfonamides is 1. The minimum Gasteiger partial charge on any atom is -0.368 e. The Morgan fingerprint density at radius 3 is 2.29 bits per heavy atom. The summed E-state index contributed by atoms with van der Waals surface area (Å²) in [4.78, 5) is 4.62. The van der Waals surface area contributed by atoms with E-state index in [2.05, 4.69) is 15.6 Å². The van der Waals surface area contributed by atoms with Crippen LogP contribution >= 0.6 is 0 Å². The molecule has 0 amide bonds. The first-order valence-corrected chi connectivity index (χ1v) is 11.5. The molecule has 2 aromatic carbocycles. The van der Waals surface area contributed by atoms with E-state index in [1.165, 1.54) is 28.6 Å². The number of benzene rings is 2. The third-order valence-electron chi connectivity index (χ3n) is 5.71. The number of amidine groups is 1. The molecule has 1 spiro atoms. The van der Waals surface area contributed by atoms with Crippen molar-refractivity contribution in [3.05, 3.63) is 65.5 Å². The van der Waals surface area contributed by atoms with Gasteiger partial charge in [0.05, 0.1) is 17.0 Å². The molecule has 1 fully saturated rings. The Bertz CT molecular complexity index is 1060. The second-order valence-corrected chi connectivity index (χ2v) is 9.67. The van der Waals surface area contributed by atoms with Gasteiger partial charge >= 0.3 is 0 Å². The molecule has 1 saturated heterocycles. The molecular formula is C21H23F3N4O2S. The molecule has 2 aliphatic rings. The van der Waals surface area contributed by atoms with Gasteiger partial charge in [0.2, 0.25) is 10.0 Å². The van der Waals surface area contributed by atoms with Gasteiger partial charge in [0.25, 0.3) is 0 Å². The zero-order chi connectivity index (χ0) is 22.1. The monoisotopic (exact) mass is 452 g/mol. The first-order chi connectivity index (χ1) is 14.8. The maximum absolute atomic E-state index is 13.5.